The molecule has 0 aliphatic heterocycles. The average Bonchev–Trinajstić information content (AvgIpc) is 2.03. The fourth-order valence-corrected chi connectivity index (χ4v) is 0.800. The van der Waals surface area contributed by atoms with E-state index in [1.165, 1.54) is 0 Å². The third-order valence-electron chi connectivity index (χ3n) is 1.48. The van der Waals surface area contributed by atoms with Crippen molar-refractivity contribution in [2.24, 2.45) is 5.18 Å². The second-order valence-electron chi connectivity index (χ2n) is 2.51. The minimum atomic E-state index is -1.28. The van der Waals surface area contributed by atoms with E-state index in [1.54, 1.807) is 0 Å². The number of carboxylic acid groups (broad SMARTS) is 1. The van der Waals surface area contributed by atoms with Gasteiger partial charge in [0.2, 0.25) is 6.54 Å². The van der Waals surface area contributed by atoms with Crippen molar-refractivity contribution in [2.45, 2.75) is 25.3 Å². The summed E-state index contributed by atoms with van der Waals surface area (Å²) in [4.78, 5) is 29.5. The molecular weight excluding hydrogens is 180 g/mol. The van der Waals surface area contributed by atoms with Crippen molar-refractivity contribution in [1.82, 2.24) is 0 Å². The van der Waals surface area contributed by atoms with Gasteiger partial charge in [-0.05, 0) is 12.8 Å². The third-order valence-corrected chi connectivity index (χ3v) is 1.48. The summed E-state index contributed by atoms with van der Waals surface area (Å²) < 4.78 is 0. The molecule has 7 heteroatoms. The van der Waals surface area contributed by atoms with E-state index >= 15 is 0 Å². The Morgan fingerprint density at radius 1 is 1.54 bits per heavy atom. The smallest absolute Gasteiger partial charge is 0.332 e. The molecule has 0 fully saturated rings. The van der Waals surface area contributed by atoms with Crippen LogP contribution in [0.3, 0.4) is 0 Å². The van der Waals surface area contributed by atoms with E-state index in [2.05, 4.69) is 5.18 Å². The number of rotatable bonds is 7. The van der Waals surface area contributed by atoms with Crippen LogP contribution >= 0.6 is 0 Å². The Morgan fingerprint density at radius 3 is 2.54 bits per heavy atom. The van der Waals surface area contributed by atoms with Crippen molar-refractivity contribution < 1.29 is 14.8 Å². The maximum atomic E-state index is 10.2. The van der Waals surface area contributed by atoms with Crippen molar-refractivity contribution in [3.63, 3.8) is 0 Å². The van der Waals surface area contributed by atoms with Crippen LogP contribution in [0, 0.1) is 15.0 Å². The number of nitro groups is 1. The molecule has 7 nitrogen and oxygen atoms in total. The summed E-state index contributed by atoms with van der Waals surface area (Å²) in [6.07, 6.45) is 0.655. The highest BCUT2D eigenvalue weighted by Gasteiger charge is 2.17. The summed E-state index contributed by atoms with van der Waals surface area (Å²) in [5.41, 5.74) is 0. The quantitative estimate of drug-likeness (QED) is 0.274. The lowest BCUT2D eigenvalue weighted by Crippen LogP contribution is -2.17. The first-order valence-corrected chi connectivity index (χ1v) is 3.75. The van der Waals surface area contributed by atoms with Crippen LogP contribution in [-0.4, -0.2) is 28.6 Å². The van der Waals surface area contributed by atoms with E-state index in [-0.39, 0.29) is 19.4 Å². The SMILES string of the molecule is O=NC(CCCC[N+](=O)[O-])C(=O)O. The second kappa shape index (κ2) is 6.04. The Hall–Kier alpha value is -1.53. The molecule has 0 radical (unpaired) electrons. The molecule has 0 aromatic rings. The monoisotopic (exact) mass is 190 g/mol. The number of aliphatic carboxylic acids is 1. The highest BCUT2D eigenvalue weighted by molar-refractivity contribution is 5.73. The summed E-state index contributed by atoms with van der Waals surface area (Å²) in [6, 6.07) is -1.27. The van der Waals surface area contributed by atoms with Crippen molar-refractivity contribution in [2.75, 3.05) is 6.54 Å². The van der Waals surface area contributed by atoms with Gasteiger partial charge in [-0.3, -0.25) is 10.1 Å². The molecule has 0 aromatic carbocycles. The predicted molar refractivity (Wildman–Crippen MR) is 42.9 cm³/mol. The third kappa shape index (κ3) is 5.71. The highest BCUT2D eigenvalue weighted by Crippen LogP contribution is 2.04. The van der Waals surface area contributed by atoms with Gasteiger partial charge in [0.25, 0.3) is 0 Å². The largest absolute Gasteiger partial charge is 0.480 e. The number of carbonyl (C=O) groups is 1. The number of hydrogen-bond donors (Lipinski definition) is 1. The Labute approximate surface area is 73.9 Å². The van der Waals surface area contributed by atoms with Crippen LogP contribution in [0.15, 0.2) is 5.18 Å². The summed E-state index contributed by atoms with van der Waals surface area (Å²) in [7, 11) is 0. The Balaban J connectivity index is 3.55. The molecule has 13 heavy (non-hydrogen) atoms. The van der Waals surface area contributed by atoms with Gasteiger partial charge in [-0.25, -0.2) is 4.79 Å². The normalized spacial score (nSPS) is 12.0. The van der Waals surface area contributed by atoms with Gasteiger partial charge in [-0.15, -0.1) is 4.91 Å². The van der Waals surface area contributed by atoms with Gasteiger partial charge in [0.05, 0.1) is 0 Å². The number of nitrogens with zero attached hydrogens (tertiary/aromatic N) is 2. The first kappa shape index (κ1) is 11.5. The van der Waals surface area contributed by atoms with Crippen molar-refractivity contribution in [1.29, 1.82) is 0 Å². The minimum Gasteiger partial charge on any atom is -0.480 e. The van der Waals surface area contributed by atoms with Crippen LogP contribution in [0.25, 0.3) is 0 Å². The van der Waals surface area contributed by atoms with Gasteiger partial charge in [-0.2, -0.15) is 0 Å². The number of carboxylic acids is 1. The molecule has 1 atom stereocenters. The van der Waals surface area contributed by atoms with Crippen molar-refractivity contribution in [3.05, 3.63) is 15.0 Å². The van der Waals surface area contributed by atoms with E-state index in [1.807, 2.05) is 0 Å². The molecule has 0 amide bonds. The van der Waals surface area contributed by atoms with E-state index in [4.69, 9.17) is 5.11 Å². The average molecular weight is 190 g/mol. The fraction of sp³-hybridized carbons (Fsp3) is 0.833. The Kier molecular flexibility index (Phi) is 5.33. The summed E-state index contributed by atoms with van der Waals surface area (Å²) in [5.74, 6) is -1.28. The van der Waals surface area contributed by atoms with Crippen LogP contribution in [0.4, 0.5) is 0 Å². The summed E-state index contributed by atoms with van der Waals surface area (Å²) in [6.45, 7) is -0.203. The predicted octanol–water partition coefficient (Wildman–Crippen LogP) is 0.653. The number of unbranched alkanes of at least 4 members (excludes halogenated alkanes) is 1. The highest BCUT2D eigenvalue weighted by atomic mass is 16.6. The minimum absolute atomic E-state index is 0.0622. The first-order chi connectivity index (χ1) is 6.07. The second-order valence-corrected chi connectivity index (χ2v) is 2.51. The van der Waals surface area contributed by atoms with Crippen LogP contribution in [0.2, 0.25) is 0 Å². The molecule has 0 spiro atoms. The fourth-order valence-electron chi connectivity index (χ4n) is 0.800. The van der Waals surface area contributed by atoms with Crippen molar-refractivity contribution in [3.8, 4) is 0 Å². The van der Waals surface area contributed by atoms with Crippen LogP contribution in [-0.2, 0) is 4.79 Å². The van der Waals surface area contributed by atoms with Gasteiger partial charge in [-0.1, -0.05) is 5.18 Å². The lowest BCUT2D eigenvalue weighted by atomic mass is 10.1. The van der Waals surface area contributed by atoms with E-state index in [9.17, 15) is 19.8 Å². The zero-order valence-corrected chi connectivity index (χ0v) is 6.88. The van der Waals surface area contributed by atoms with Crippen molar-refractivity contribution >= 4 is 5.97 Å². The maximum Gasteiger partial charge on any atom is 0.332 e. The van der Waals surface area contributed by atoms with Crippen LogP contribution < -0.4 is 0 Å². The van der Waals surface area contributed by atoms with Crippen LogP contribution in [0.1, 0.15) is 19.3 Å². The standard InChI is InChI=1S/C6H10N2O5/c9-6(10)5(7-11)3-1-2-4-8(12)13/h5H,1-4H2,(H,9,10). The number of hydrogen-bond acceptors (Lipinski definition) is 5. The van der Waals surface area contributed by atoms with E-state index < -0.39 is 16.9 Å². The molecule has 0 aliphatic carbocycles. The van der Waals surface area contributed by atoms with Crippen LogP contribution in [0.5, 0.6) is 0 Å². The van der Waals surface area contributed by atoms with Gasteiger partial charge < -0.3 is 5.11 Å². The molecule has 74 valence electrons. The van der Waals surface area contributed by atoms with E-state index in [0.29, 0.717) is 6.42 Å². The lowest BCUT2D eigenvalue weighted by Gasteiger charge is -2.00. The lowest BCUT2D eigenvalue weighted by molar-refractivity contribution is -0.480. The molecular formula is C6H10N2O5. The molecule has 1 unspecified atom stereocenters. The molecule has 0 heterocycles. The molecule has 0 saturated heterocycles. The Bertz CT molecular complexity index is 205. The van der Waals surface area contributed by atoms with Gasteiger partial charge in [0, 0.05) is 11.3 Å². The maximum absolute atomic E-state index is 10.2. The zero-order valence-electron chi connectivity index (χ0n) is 6.88. The summed E-state index contributed by atoms with van der Waals surface area (Å²) >= 11 is 0. The molecule has 0 bridgehead atoms. The molecule has 0 aliphatic rings. The number of nitroso groups, excluding NO2 is 1. The first-order valence-electron chi connectivity index (χ1n) is 3.75. The van der Waals surface area contributed by atoms with Gasteiger partial charge in [0.15, 0.2) is 6.04 Å². The van der Waals surface area contributed by atoms with E-state index in [0.717, 1.165) is 0 Å². The summed E-state index contributed by atoms with van der Waals surface area (Å²) in [5, 5.41) is 20.6. The molecule has 0 aromatic heterocycles. The van der Waals surface area contributed by atoms with Gasteiger partial charge in [0.1, 0.15) is 0 Å². The van der Waals surface area contributed by atoms with Gasteiger partial charge >= 0.3 is 5.97 Å². The molecule has 0 saturated carbocycles. The Morgan fingerprint density at radius 2 is 2.15 bits per heavy atom. The molecule has 1 N–H and O–H groups in total. The molecule has 0 rings (SSSR count). The zero-order chi connectivity index (χ0) is 10.3. The topological polar surface area (TPSA) is 110 Å².